The lowest BCUT2D eigenvalue weighted by molar-refractivity contribution is -0.000313. The topological polar surface area (TPSA) is 41.7 Å². The van der Waals surface area contributed by atoms with Crippen LogP contribution in [0.4, 0.5) is 0 Å². The first-order valence-corrected chi connectivity index (χ1v) is 7.34. The second-order valence-electron chi connectivity index (χ2n) is 6.22. The molecular formula is C14H29N3O. The molecule has 2 fully saturated rings. The summed E-state index contributed by atoms with van der Waals surface area (Å²) in [6, 6.07) is 0.390. The van der Waals surface area contributed by atoms with Crippen molar-refractivity contribution in [3.63, 3.8) is 0 Å². The Morgan fingerprint density at radius 3 is 2.67 bits per heavy atom. The first-order chi connectivity index (χ1) is 8.60. The van der Waals surface area contributed by atoms with Crippen molar-refractivity contribution in [3.05, 3.63) is 0 Å². The minimum Gasteiger partial charge on any atom is -0.374 e. The number of likely N-dealkylation sites (tertiary alicyclic amines) is 1. The van der Waals surface area contributed by atoms with Crippen molar-refractivity contribution in [2.45, 2.75) is 44.4 Å². The van der Waals surface area contributed by atoms with Crippen LogP contribution in [0.1, 0.15) is 26.2 Å². The van der Waals surface area contributed by atoms with Gasteiger partial charge in [-0.15, -0.1) is 0 Å². The van der Waals surface area contributed by atoms with Crippen LogP contribution in [-0.4, -0.2) is 68.3 Å². The molecule has 2 aliphatic heterocycles. The van der Waals surface area contributed by atoms with Crippen molar-refractivity contribution < 1.29 is 4.74 Å². The molecule has 0 saturated carbocycles. The number of nitrogens with two attached hydrogens (primary N) is 1. The smallest absolute Gasteiger partial charge is 0.0746 e. The van der Waals surface area contributed by atoms with Gasteiger partial charge >= 0.3 is 0 Å². The number of rotatable bonds is 5. The first-order valence-electron chi connectivity index (χ1n) is 7.34. The molecule has 18 heavy (non-hydrogen) atoms. The number of likely N-dealkylation sites (N-methyl/N-ethyl adjacent to an activating group) is 1. The third-order valence-corrected chi connectivity index (χ3v) is 4.54. The molecule has 0 aromatic carbocycles. The van der Waals surface area contributed by atoms with E-state index in [1.165, 1.54) is 25.9 Å². The van der Waals surface area contributed by atoms with Gasteiger partial charge in [0, 0.05) is 25.7 Å². The third kappa shape index (κ3) is 3.44. The van der Waals surface area contributed by atoms with Crippen molar-refractivity contribution in [1.82, 2.24) is 9.80 Å². The molecular weight excluding hydrogens is 226 g/mol. The van der Waals surface area contributed by atoms with E-state index < -0.39 is 0 Å². The molecule has 4 nitrogen and oxygen atoms in total. The maximum Gasteiger partial charge on any atom is 0.0746 e. The van der Waals surface area contributed by atoms with Crippen LogP contribution in [0.3, 0.4) is 0 Å². The summed E-state index contributed by atoms with van der Waals surface area (Å²) in [4.78, 5) is 4.86. The van der Waals surface area contributed by atoms with Gasteiger partial charge in [0.05, 0.1) is 12.2 Å². The molecule has 4 unspecified atom stereocenters. The predicted octanol–water partition coefficient (Wildman–Crippen LogP) is 0.765. The lowest BCUT2D eigenvalue weighted by atomic mass is 10.0. The van der Waals surface area contributed by atoms with Gasteiger partial charge in [0.15, 0.2) is 0 Å². The zero-order chi connectivity index (χ0) is 13.1. The minimum atomic E-state index is 0.342. The standard InChI is InChI=1S/C14H29N3O/c1-11-4-5-14(18-11)13(8-15)17(3)10-12-6-7-16(2)9-12/h11-14H,4-10,15H2,1-3H3. The first kappa shape index (κ1) is 14.3. The van der Waals surface area contributed by atoms with Crippen molar-refractivity contribution in [3.8, 4) is 0 Å². The van der Waals surface area contributed by atoms with E-state index in [4.69, 9.17) is 10.5 Å². The van der Waals surface area contributed by atoms with E-state index in [0.29, 0.717) is 24.8 Å². The quantitative estimate of drug-likeness (QED) is 0.788. The lowest BCUT2D eigenvalue weighted by Gasteiger charge is -2.33. The molecule has 0 aromatic rings. The van der Waals surface area contributed by atoms with Crippen LogP contribution in [-0.2, 0) is 4.74 Å². The van der Waals surface area contributed by atoms with Crippen LogP contribution in [0, 0.1) is 5.92 Å². The number of nitrogens with zero attached hydrogens (tertiary/aromatic N) is 2. The maximum atomic E-state index is 5.99. The van der Waals surface area contributed by atoms with E-state index in [1.54, 1.807) is 0 Å². The molecule has 2 saturated heterocycles. The SMILES string of the molecule is CC1CCC(C(CN)N(C)CC2CCN(C)C2)O1. The molecule has 2 heterocycles. The van der Waals surface area contributed by atoms with E-state index in [-0.39, 0.29) is 0 Å². The number of hydrogen-bond donors (Lipinski definition) is 1. The summed E-state index contributed by atoms with van der Waals surface area (Å²) < 4.78 is 5.99. The summed E-state index contributed by atoms with van der Waals surface area (Å²) in [7, 11) is 4.42. The molecule has 4 heteroatoms. The van der Waals surface area contributed by atoms with Gasteiger partial charge in [-0.2, -0.15) is 0 Å². The fourth-order valence-electron chi connectivity index (χ4n) is 3.45. The Hall–Kier alpha value is -0.160. The van der Waals surface area contributed by atoms with E-state index in [9.17, 15) is 0 Å². The Bertz CT molecular complexity index is 261. The number of ether oxygens (including phenoxy) is 1. The molecule has 0 spiro atoms. The van der Waals surface area contributed by atoms with Crippen LogP contribution >= 0.6 is 0 Å². The van der Waals surface area contributed by atoms with Crippen molar-refractivity contribution in [2.75, 3.05) is 40.3 Å². The van der Waals surface area contributed by atoms with Crippen LogP contribution in [0.25, 0.3) is 0 Å². The summed E-state index contributed by atoms with van der Waals surface area (Å²) in [6.07, 6.45) is 4.42. The Morgan fingerprint density at radius 1 is 1.39 bits per heavy atom. The third-order valence-electron chi connectivity index (χ3n) is 4.54. The monoisotopic (exact) mass is 255 g/mol. The van der Waals surface area contributed by atoms with Crippen LogP contribution in [0.2, 0.25) is 0 Å². The summed E-state index contributed by atoms with van der Waals surface area (Å²) in [5, 5.41) is 0. The average molecular weight is 255 g/mol. The summed E-state index contributed by atoms with van der Waals surface area (Å²) in [5.74, 6) is 0.799. The predicted molar refractivity (Wildman–Crippen MR) is 74.6 cm³/mol. The molecule has 0 amide bonds. The summed E-state index contributed by atoms with van der Waals surface area (Å²) >= 11 is 0. The molecule has 106 valence electrons. The van der Waals surface area contributed by atoms with Gasteiger partial charge in [0.2, 0.25) is 0 Å². The van der Waals surface area contributed by atoms with Crippen molar-refractivity contribution in [2.24, 2.45) is 11.7 Å². The second kappa shape index (κ2) is 6.33. The second-order valence-corrected chi connectivity index (χ2v) is 6.22. The van der Waals surface area contributed by atoms with E-state index in [1.807, 2.05) is 0 Å². The highest BCUT2D eigenvalue weighted by atomic mass is 16.5. The van der Waals surface area contributed by atoms with Crippen LogP contribution in [0.5, 0.6) is 0 Å². The number of hydrogen-bond acceptors (Lipinski definition) is 4. The molecule has 2 N–H and O–H groups in total. The van der Waals surface area contributed by atoms with Gasteiger partial charge < -0.3 is 15.4 Å². The average Bonchev–Trinajstić information content (AvgIpc) is 2.89. The van der Waals surface area contributed by atoms with Gasteiger partial charge in [-0.3, -0.25) is 4.90 Å². The van der Waals surface area contributed by atoms with Gasteiger partial charge in [-0.1, -0.05) is 0 Å². The van der Waals surface area contributed by atoms with E-state index in [0.717, 1.165) is 18.9 Å². The lowest BCUT2D eigenvalue weighted by Crippen LogP contribution is -2.48. The van der Waals surface area contributed by atoms with E-state index >= 15 is 0 Å². The minimum absolute atomic E-state index is 0.342. The van der Waals surface area contributed by atoms with Crippen LogP contribution < -0.4 is 5.73 Å². The van der Waals surface area contributed by atoms with Gasteiger partial charge in [0.25, 0.3) is 0 Å². The zero-order valence-corrected chi connectivity index (χ0v) is 12.1. The summed E-state index contributed by atoms with van der Waals surface area (Å²) in [5.41, 5.74) is 5.97. The summed E-state index contributed by atoms with van der Waals surface area (Å²) in [6.45, 7) is 6.49. The Morgan fingerprint density at radius 2 is 2.17 bits per heavy atom. The molecule has 2 aliphatic rings. The Balaban J connectivity index is 1.83. The molecule has 0 aliphatic carbocycles. The van der Waals surface area contributed by atoms with Crippen molar-refractivity contribution in [1.29, 1.82) is 0 Å². The Labute approximate surface area is 111 Å². The molecule has 2 rings (SSSR count). The van der Waals surface area contributed by atoms with Gasteiger partial charge in [0.1, 0.15) is 0 Å². The van der Waals surface area contributed by atoms with E-state index in [2.05, 4.69) is 30.8 Å². The molecule has 4 atom stereocenters. The van der Waals surface area contributed by atoms with Gasteiger partial charge in [-0.25, -0.2) is 0 Å². The molecule has 0 aromatic heterocycles. The molecule has 0 radical (unpaired) electrons. The maximum absolute atomic E-state index is 5.99. The Kier molecular flexibility index (Phi) is 5.01. The van der Waals surface area contributed by atoms with Crippen molar-refractivity contribution >= 4 is 0 Å². The van der Waals surface area contributed by atoms with Gasteiger partial charge in [-0.05, 0) is 52.7 Å². The molecule has 0 bridgehead atoms. The fourth-order valence-corrected chi connectivity index (χ4v) is 3.45. The largest absolute Gasteiger partial charge is 0.374 e. The zero-order valence-electron chi connectivity index (χ0n) is 12.1. The van der Waals surface area contributed by atoms with Crippen LogP contribution in [0.15, 0.2) is 0 Å². The normalized spacial score (nSPS) is 35.5. The fraction of sp³-hybridized carbons (Fsp3) is 1.00. The highest BCUT2D eigenvalue weighted by Gasteiger charge is 2.32. The highest BCUT2D eigenvalue weighted by molar-refractivity contribution is 4.86. The highest BCUT2D eigenvalue weighted by Crippen LogP contribution is 2.25.